The molecule has 0 radical (unpaired) electrons. The molecule has 0 amide bonds. The van der Waals surface area contributed by atoms with Crippen molar-refractivity contribution in [3.8, 4) is 22.5 Å². The highest BCUT2D eigenvalue weighted by molar-refractivity contribution is 7.18. The largest absolute Gasteiger partial charge is 0.377 e. The van der Waals surface area contributed by atoms with Crippen molar-refractivity contribution in [2.75, 3.05) is 24.7 Å². The van der Waals surface area contributed by atoms with Crippen LogP contribution in [0.25, 0.3) is 43.8 Å². The Morgan fingerprint density at radius 1 is 1.19 bits per heavy atom. The van der Waals surface area contributed by atoms with Crippen molar-refractivity contribution in [3.05, 3.63) is 41.8 Å². The van der Waals surface area contributed by atoms with E-state index >= 15 is 0 Å². The number of aromatic amines is 2. The first-order valence-corrected chi connectivity index (χ1v) is 11.1. The first kappa shape index (κ1) is 18.5. The van der Waals surface area contributed by atoms with Gasteiger partial charge in [-0.1, -0.05) is 0 Å². The molecule has 1 atom stereocenters. The van der Waals surface area contributed by atoms with Crippen molar-refractivity contribution in [2.24, 2.45) is 0 Å². The highest BCUT2D eigenvalue weighted by Crippen LogP contribution is 2.40. The van der Waals surface area contributed by atoms with Gasteiger partial charge in [0.15, 0.2) is 11.6 Å². The summed E-state index contributed by atoms with van der Waals surface area (Å²) >= 11 is 1.68. The highest BCUT2D eigenvalue weighted by atomic mass is 32.1. The van der Waals surface area contributed by atoms with Gasteiger partial charge >= 0.3 is 0 Å². The number of hydrogen-bond acceptors (Lipinski definition) is 7. The number of morpholine rings is 1. The van der Waals surface area contributed by atoms with Crippen LogP contribution < -0.4 is 4.90 Å². The zero-order chi connectivity index (χ0) is 20.9. The van der Waals surface area contributed by atoms with Gasteiger partial charge in [-0.25, -0.2) is 15.0 Å². The molecule has 1 saturated heterocycles. The summed E-state index contributed by atoms with van der Waals surface area (Å²) in [5, 5.41) is 10.4. The van der Waals surface area contributed by atoms with Gasteiger partial charge in [0, 0.05) is 52.1 Å². The van der Waals surface area contributed by atoms with E-state index in [-0.39, 0.29) is 6.04 Å². The van der Waals surface area contributed by atoms with Gasteiger partial charge in [0.25, 0.3) is 0 Å². The van der Waals surface area contributed by atoms with Gasteiger partial charge in [-0.3, -0.25) is 5.10 Å². The predicted octanol–water partition coefficient (Wildman–Crippen LogP) is 4.16. The zero-order valence-electron chi connectivity index (χ0n) is 17.2. The zero-order valence-corrected chi connectivity index (χ0v) is 18.0. The number of pyridine rings is 1. The van der Waals surface area contributed by atoms with Gasteiger partial charge < -0.3 is 14.6 Å². The second-order valence-electron chi connectivity index (χ2n) is 7.82. The minimum atomic E-state index is 0.241. The number of aryl methyl sites for hydroxylation is 1. The molecule has 5 aromatic heterocycles. The first-order valence-electron chi connectivity index (χ1n) is 10.3. The van der Waals surface area contributed by atoms with E-state index in [2.05, 4.69) is 37.4 Å². The Morgan fingerprint density at radius 2 is 2.13 bits per heavy atom. The van der Waals surface area contributed by atoms with Crippen LogP contribution in [0.4, 0.5) is 5.82 Å². The van der Waals surface area contributed by atoms with Gasteiger partial charge in [0.05, 0.1) is 35.7 Å². The second-order valence-corrected chi connectivity index (χ2v) is 8.70. The van der Waals surface area contributed by atoms with E-state index in [0.717, 1.165) is 56.0 Å². The topological polar surface area (TPSA) is 95.6 Å². The molecule has 1 aliphatic heterocycles. The van der Waals surface area contributed by atoms with E-state index in [1.54, 1.807) is 17.5 Å². The van der Waals surface area contributed by atoms with E-state index in [4.69, 9.17) is 14.7 Å². The fourth-order valence-corrected chi connectivity index (χ4v) is 5.24. The predicted molar refractivity (Wildman–Crippen MR) is 122 cm³/mol. The van der Waals surface area contributed by atoms with Crippen molar-refractivity contribution < 1.29 is 4.74 Å². The maximum Gasteiger partial charge on any atom is 0.163 e. The van der Waals surface area contributed by atoms with Gasteiger partial charge in [0.1, 0.15) is 5.65 Å². The maximum absolute atomic E-state index is 5.68. The lowest BCUT2D eigenvalue weighted by Gasteiger charge is -2.34. The normalized spacial score (nSPS) is 17.1. The number of thiophene rings is 1. The van der Waals surface area contributed by atoms with Crippen LogP contribution >= 0.6 is 11.3 Å². The van der Waals surface area contributed by atoms with Crippen LogP contribution in [-0.2, 0) is 4.74 Å². The summed E-state index contributed by atoms with van der Waals surface area (Å²) in [5.41, 5.74) is 5.93. The third-order valence-electron chi connectivity index (χ3n) is 5.86. The molecule has 9 heteroatoms. The number of aromatic nitrogens is 6. The van der Waals surface area contributed by atoms with Crippen LogP contribution in [0.15, 0.2) is 36.1 Å². The van der Waals surface area contributed by atoms with E-state index in [0.29, 0.717) is 19.0 Å². The molecule has 8 nitrogen and oxygen atoms in total. The van der Waals surface area contributed by atoms with E-state index in [9.17, 15) is 0 Å². The molecule has 5 aromatic rings. The highest BCUT2D eigenvalue weighted by Gasteiger charge is 2.26. The fraction of sp³-hybridized carbons (Fsp3) is 0.273. The van der Waals surface area contributed by atoms with Crippen molar-refractivity contribution >= 4 is 38.4 Å². The van der Waals surface area contributed by atoms with Crippen LogP contribution in [-0.4, -0.2) is 55.9 Å². The minimum absolute atomic E-state index is 0.241. The lowest BCUT2D eigenvalue weighted by atomic mass is 10.1. The van der Waals surface area contributed by atoms with Gasteiger partial charge in [-0.2, -0.15) is 5.10 Å². The summed E-state index contributed by atoms with van der Waals surface area (Å²) in [6.45, 7) is 6.41. The molecule has 0 saturated carbocycles. The summed E-state index contributed by atoms with van der Waals surface area (Å²) in [6.07, 6.45) is 5.56. The van der Waals surface area contributed by atoms with E-state index in [1.807, 2.05) is 31.5 Å². The molecule has 156 valence electrons. The van der Waals surface area contributed by atoms with Crippen molar-refractivity contribution in [2.45, 2.75) is 19.9 Å². The Bertz CT molecular complexity index is 1400. The lowest BCUT2D eigenvalue weighted by Crippen LogP contribution is -2.44. The molecule has 0 bridgehead atoms. The van der Waals surface area contributed by atoms with Gasteiger partial charge in [0.2, 0.25) is 0 Å². The van der Waals surface area contributed by atoms with Crippen LogP contribution in [0.3, 0.4) is 0 Å². The van der Waals surface area contributed by atoms with E-state index < -0.39 is 0 Å². The molecule has 1 fully saturated rings. The Labute approximate surface area is 182 Å². The first-order chi connectivity index (χ1) is 15.2. The summed E-state index contributed by atoms with van der Waals surface area (Å²) in [4.78, 5) is 20.1. The molecule has 0 aliphatic carbocycles. The number of anilines is 1. The molecule has 6 heterocycles. The monoisotopic (exact) mass is 431 g/mol. The molecule has 1 aliphatic rings. The SMILES string of the molecule is Cc1[nH]ncc1-c1csc2c(N3CCOC[C@H]3C)nc(-c3ccnc4[nH]ccc34)nc12. The Morgan fingerprint density at radius 3 is 2.97 bits per heavy atom. The Hall–Kier alpha value is -3.30. The molecule has 0 aromatic carbocycles. The number of ether oxygens (including phenoxy) is 1. The van der Waals surface area contributed by atoms with Crippen LogP contribution in [0, 0.1) is 6.92 Å². The van der Waals surface area contributed by atoms with Crippen LogP contribution in [0.2, 0.25) is 0 Å². The summed E-state index contributed by atoms with van der Waals surface area (Å²) in [7, 11) is 0. The summed E-state index contributed by atoms with van der Waals surface area (Å²) in [6, 6.07) is 4.25. The summed E-state index contributed by atoms with van der Waals surface area (Å²) in [5.74, 6) is 1.67. The quantitative estimate of drug-likeness (QED) is 0.445. The third kappa shape index (κ3) is 2.92. The molecule has 6 rings (SSSR count). The van der Waals surface area contributed by atoms with Gasteiger partial charge in [-0.05, 0) is 26.0 Å². The molecule has 0 spiro atoms. The summed E-state index contributed by atoms with van der Waals surface area (Å²) < 4.78 is 6.77. The number of fused-ring (bicyclic) bond motifs is 2. The molecule has 0 unspecified atom stereocenters. The smallest absolute Gasteiger partial charge is 0.163 e. The Balaban J connectivity index is 1.64. The average Bonchev–Trinajstić information content (AvgIpc) is 3.52. The fourth-order valence-electron chi connectivity index (χ4n) is 4.23. The number of H-pyrrole nitrogens is 2. The molecule has 31 heavy (non-hydrogen) atoms. The Kier molecular flexibility index (Phi) is 4.25. The standard InChI is InChI=1S/C22H21N7OS/c1-12-10-30-8-7-29(12)22-19-18(17(11-31-19)16-9-25-28-13(16)2)26-21(27-22)15-4-6-24-20-14(15)3-5-23-20/h3-6,9,11-12H,7-8,10H2,1-2H3,(H,23,24)(H,25,28)/t12-/m1/s1. The third-order valence-corrected chi connectivity index (χ3v) is 6.82. The molecular formula is C22H21N7OS. The number of nitrogens with one attached hydrogen (secondary N) is 2. The van der Waals surface area contributed by atoms with Crippen molar-refractivity contribution in [3.63, 3.8) is 0 Å². The lowest BCUT2D eigenvalue weighted by molar-refractivity contribution is 0.0987. The van der Waals surface area contributed by atoms with E-state index in [1.165, 1.54) is 0 Å². The maximum atomic E-state index is 5.68. The molecular weight excluding hydrogens is 410 g/mol. The minimum Gasteiger partial charge on any atom is -0.377 e. The van der Waals surface area contributed by atoms with Crippen molar-refractivity contribution in [1.29, 1.82) is 0 Å². The van der Waals surface area contributed by atoms with Crippen LogP contribution in [0.1, 0.15) is 12.6 Å². The van der Waals surface area contributed by atoms with Gasteiger partial charge in [-0.15, -0.1) is 11.3 Å². The van der Waals surface area contributed by atoms with Crippen molar-refractivity contribution in [1.82, 2.24) is 30.1 Å². The number of hydrogen-bond donors (Lipinski definition) is 2. The number of rotatable bonds is 3. The number of nitrogens with zero attached hydrogens (tertiary/aromatic N) is 5. The van der Waals surface area contributed by atoms with Crippen LogP contribution in [0.5, 0.6) is 0 Å². The average molecular weight is 432 g/mol. The second kappa shape index (κ2) is 7.14. The molecule has 2 N–H and O–H groups in total.